The van der Waals surface area contributed by atoms with Crippen molar-refractivity contribution in [3.05, 3.63) is 34.9 Å². The number of benzene rings is 1. The standard InChI is InChI=1S/C7H5ClF3/c8-6-3-1-5(2-4-6)7(9,10)11/h1-4,8H/q+1. The van der Waals surface area contributed by atoms with Crippen molar-refractivity contribution in [1.29, 1.82) is 0 Å². The van der Waals surface area contributed by atoms with Crippen LogP contribution in [0.2, 0.25) is 5.02 Å². The zero-order valence-electron chi connectivity index (χ0n) is 5.35. The van der Waals surface area contributed by atoms with E-state index in [1.165, 1.54) is 12.1 Å². The van der Waals surface area contributed by atoms with Gasteiger partial charge in [-0.05, 0) is 12.1 Å². The summed E-state index contributed by atoms with van der Waals surface area (Å²) in [5, 5.41) is 0.415. The maximum absolute atomic E-state index is 11.9. The van der Waals surface area contributed by atoms with Crippen LogP contribution in [0.4, 0.5) is 13.2 Å². The van der Waals surface area contributed by atoms with Crippen molar-refractivity contribution in [2.75, 3.05) is 0 Å². The number of alkyl halides is 3. The predicted molar refractivity (Wildman–Crippen MR) is 32.0 cm³/mol. The molecule has 0 fully saturated rings. The molecule has 1 aromatic carbocycles. The molecule has 1 aromatic rings. The van der Waals surface area contributed by atoms with E-state index in [1.54, 1.807) is 0 Å². The second-order valence-corrected chi connectivity index (χ2v) is 2.49. The lowest BCUT2D eigenvalue weighted by Gasteiger charge is -2.03. The Morgan fingerprint density at radius 3 is 1.82 bits per heavy atom. The van der Waals surface area contributed by atoms with Crippen LogP contribution in [-0.2, 0) is 6.18 Å². The summed E-state index contributed by atoms with van der Waals surface area (Å²) in [6.45, 7) is 0. The van der Waals surface area contributed by atoms with Gasteiger partial charge in [0.05, 0.1) is 5.56 Å². The van der Waals surface area contributed by atoms with Gasteiger partial charge in [0.1, 0.15) is 0 Å². The van der Waals surface area contributed by atoms with Gasteiger partial charge < -0.3 is 0 Å². The first kappa shape index (κ1) is 8.40. The van der Waals surface area contributed by atoms with Crippen molar-refractivity contribution in [2.24, 2.45) is 0 Å². The van der Waals surface area contributed by atoms with Crippen LogP contribution >= 0.6 is 0 Å². The Kier molecular flexibility index (Phi) is 2.09. The van der Waals surface area contributed by atoms with Crippen molar-refractivity contribution in [2.45, 2.75) is 6.18 Å². The molecule has 0 amide bonds. The molecule has 11 heavy (non-hydrogen) atoms. The molecule has 4 heteroatoms. The molecule has 0 nitrogen and oxygen atoms in total. The topological polar surface area (TPSA) is 0 Å². The van der Waals surface area contributed by atoms with Crippen molar-refractivity contribution in [3.63, 3.8) is 0 Å². The lowest BCUT2D eigenvalue weighted by molar-refractivity contribution is -0.288. The number of hydrogen-bond acceptors (Lipinski definition) is 0. The summed E-state index contributed by atoms with van der Waals surface area (Å²) in [6, 6.07) is 4.47. The van der Waals surface area contributed by atoms with E-state index in [-0.39, 0.29) is 0 Å². The molecule has 0 radical (unpaired) electrons. The van der Waals surface area contributed by atoms with Gasteiger partial charge in [0.15, 0.2) is 11.6 Å². The average molecular weight is 182 g/mol. The molecule has 0 spiro atoms. The highest BCUT2D eigenvalue weighted by Crippen LogP contribution is 2.28. The zero-order chi connectivity index (χ0) is 8.48. The largest absolute Gasteiger partial charge is 0.416 e. The van der Waals surface area contributed by atoms with Crippen molar-refractivity contribution < 1.29 is 24.8 Å². The van der Waals surface area contributed by atoms with Crippen LogP contribution in [0.15, 0.2) is 24.3 Å². The van der Waals surface area contributed by atoms with Crippen LogP contribution in [0.3, 0.4) is 0 Å². The van der Waals surface area contributed by atoms with Gasteiger partial charge in [-0.1, -0.05) is 0 Å². The van der Waals surface area contributed by atoms with Crippen molar-refractivity contribution in [1.82, 2.24) is 0 Å². The minimum absolute atomic E-state index is 0.415. The highest BCUT2D eigenvalue weighted by molar-refractivity contribution is 5.21. The number of halogens is 4. The van der Waals surface area contributed by atoms with Crippen LogP contribution in [0.1, 0.15) is 5.56 Å². The normalized spacial score (nSPS) is 11.6. The van der Waals surface area contributed by atoms with E-state index in [2.05, 4.69) is 11.6 Å². The van der Waals surface area contributed by atoms with Gasteiger partial charge in [-0.2, -0.15) is 13.2 Å². The Hall–Kier alpha value is -0.700. The Bertz CT molecular complexity index is 237. The monoisotopic (exact) mass is 181 g/mol. The summed E-state index contributed by atoms with van der Waals surface area (Å²) in [7, 11) is 0. The Morgan fingerprint density at radius 2 is 1.45 bits per heavy atom. The lowest BCUT2D eigenvalue weighted by atomic mass is 10.2. The maximum Gasteiger partial charge on any atom is 0.416 e. The molecule has 0 bridgehead atoms. The van der Waals surface area contributed by atoms with Gasteiger partial charge in [0.25, 0.3) is 0 Å². The van der Waals surface area contributed by atoms with E-state index in [9.17, 15) is 13.2 Å². The zero-order valence-corrected chi connectivity index (χ0v) is 6.17. The highest BCUT2D eigenvalue weighted by atomic mass is 35.5. The molecule has 0 aromatic heterocycles. The molecular weight excluding hydrogens is 177 g/mol. The summed E-state index contributed by atoms with van der Waals surface area (Å²) in [4.78, 5) is 0. The maximum atomic E-state index is 11.9. The molecule has 0 heterocycles. The smallest absolute Gasteiger partial charge is 0.166 e. The third-order valence-corrected chi connectivity index (χ3v) is 1.45. The Labute approximate surface area is 66.6 Å². The van der Waals surface area contributed by atoms with Crippen molar-refractivity contribution >= 4 is 0 Å². The molecule has 60 valence electrons. The summed E-state index contributed by atoms with van der Waals surface area (Å²) in [5.74, 6) is 0. The molecule has 0 aliphatic rings. The second-order valence-electron chi connectivity index (χ2n) is 2.02. The second kappa shape index (κ2) is 2.74. The molecule has 0 aliphatic carbocycles. The van der Waals surface area contributed by atoms with Gasteiger partial charge >= 0.3 is 6.18 Å². The van der Waals surface area contributed by atoms with Crippen LogP contribution in [0, 0.1) is 11.6 Å². The minimum atomic E-state index is -4.26. The lowest BCUT2D eigenvalue weighted by Crippen LogP contribution is -2.03. The molecule has 0 unspecified atom stereocenters. The molecular formula is C7H5ClF3+. The van der Waals surface area contributed by atoms with E-state index in [0.29, 0.717) is 5.02 Å². The van der Waals surface area contributed by atoms with Gasteiger partial charge in [0, 0.05) is 12.1 Å². The molecule has 1 rings (SSSR count). The minimum Gasteiger partial charge on any atom is -0.166 e. The SMILES string of the molecule is FC(F)(F)c1ccc([ClH+])cc1. The fourth-order valence-electron chi connectivity index (χ4n) is 0.644. The molecule has 0 atom stereocenters. The van der Waals surface area contributed by atoms with E-state index >= 15 is 0 Å². The Morgan fingerprint density at radius 1 is 1.00 bits per heavy atom. The van der Waals surface area contributed by atoms with Crippen LogP contribution in [0.5, 0.6) is 0 Å². The molecule has 0 saturated carbocycles. The summed E-state index contributed by atoms with van der Waals surface area (Å²) in [5.41, 5.74) is -0.661. The first-order chi connectivity index (χ1) is 5.00. The number of rotatable bonds is 0. The quantitative estimate of drug-likeness (QED) is 0.577. The van der Waals surface area contributed by atoms with Gasteiger partial charge in [-0.25, -0.2) is 0 Å². The highest BCUT2D eigenvalue weighted by Gasteiger charge is 2.30. The van der Waals surface area contributed by atoms with Gasteiger partial charge in [-0.15, -0.1) is 0 Å². The molecule has 0 N–H and O–H groups in total. The summed E-state index contributed by atoms with van der Waals surface area (Å²) in [6.07, 6.45) is -4.26. The first-order valence-corrected chi connectivity index (χ1v) is 3.25. The fourth-order valence-corrected chi connectivity index (χ4v) is 0.780. The third-order valence-electron chi connectivity index (χ3n) is 1.18. The number of hydrogen-bond donors (Lipinski definition) is 0. The Balaban J connectivity index is 2.99. The molecule has 0 saturated heterocycles. The van der Waals surface area contributed by atoms with Crippen molar-refractivity contribution in [3.8, 4) is 0 Å². The van der Waals surface area contributed by atoms with E-state index < -0.39 is 11.7 Å². The molecule has 0 aliphatic heterocycles. The van der Waals surface area contributed by atoms with E-state index in [1.807, 2.05) is 0 Å². The third kappa shape index (κ3) is 2.12. The van der Waals surface area contributed by atoms with Crippen LogP contribution in [-0.4, -0.2) is 0 Å². The van der Waals surface area contributed by atoms with Crippen LogP contribution < -0.4 is 0 Å². The predicted octanol–water partition coefficient (Wildman–Crippen LogP) is 2.40. The average Bonchev–Trinajstić information content (AvgIpc) is 1.86. The first-order valence-electron chi connectivity index (χ1n) is 2.84. The van der Waals surface area contributed by atoms with E-state index in [4.69, 9.17) is 0 Å². The van der Waals surface area contributed by atoms with Gasteiger partial charge in [0.2, 0.25) is 5.02 Å². The van der Waals surface area contributed by atoms with Gasteiger partial charge in [-0.3, -0.25) is 0 Å². The summed E-state index contributed by atoms with van der Waals surface area (Å²) < 4.78 is 35.7. The summed E-state index contributed by atoms with van der Waals surface area (Å²) >= 11 is 4.63. The fraction of sp³-hybridized carbons (Fsp3) is 0.143. The van der Waals surface area contributed by atoms with E-state index in [0.717, 1.165) is 12.1 Å². The van der Waals surface area contributed by atoms with Crippen LogP contribution in [0.25, 0.3) is 0 Å².